The maximum absolute atomic E-state index is 2.21. The van der Waals surface area contributed by atoms with Crippen LogP contribution in [-0.2, 0) is 6.67 Å². The second-order valence-corrected chi connectivity index (χ2v) is 5.08. The van der Waals surface area contributed by atoms with Crippen LogP contribution >= 0.6 is 0 Å². The van der Waals surface area contributed by atoms with Gasteiger partial charge >= 0.3 is 0 Å². The predicted octanol–water partition coefficient (Wildman–Crippen LogP) is -4.46. The van der Waals surface area contributed by atoms with E-state index in [1.807, 2.05) is 0 Å². The van der Waals surface area contributed by atoms with Gasteiger partial charge in [-0.3, -0.25) is 0 Å². The Morgan fingerprint density at radius 3 is 1.42 bits per heavy atom. The molecule has 2 rings (SSSR count). The van der Waals surface area contributed by atoms with Gasteiger partial charge in [-0.15, -0.1) is 0 Å². The normalized spacial score (nSPS) is 10.4. The summed E-state index contributed by atoms with van der Waals surface area (Å²) in [6.07, 6.45) is 12.7. The molecular weight excluding hydrogens is 466 g/mol. The smallest absolute Gasteiger partial charge is 0.247 e. The van der Waals surface area contributed by atoms with Crippen LogP contribution in [0.3, 0.4) is 0 Å². The zero-order chi connectivity index (χ0) is 12.4. The van der Waals surface area contributed by atoms with Gasteiger partial charge in [-0.1, -0.05) is 0 Å². The third kappa shape index (κ3) is 5.05. The van der Waals surface area contributed by atoms with Crippen LogP contribution in [0.4, 0.5) is 0 Å². The zero-order valence-corrected chi connectivity index (χ0v) is 16.2. The molecule has 4 nitrogen and oxygen atoms in total. The molecule has 2 aromatic rings. The fourth-order valence-electron chi connectivity index (χ4n) is 1.79. The van der Waals surface area contributed by atoms with Crippen LogP contribution in [0.1, 0.15) is 39.8 Å². The summed E-state index contributed by atoms with van der Waals surface area (Å²) in [6, 6.07) is 1.03. The van der Waals surface area contributed by atoms with Gasteiger partial charge in [0, 0.05) is 0 Å². The maximum atomic E-state index is 2.21. The highest BCUT2D eigenvalue weighted by molar-refractivity contribution is 4.72. The molecule has 0 radical (unpaired) electrons. The molecule has 0 spiro atoms. The van der Waals surface area contributed by atoms with Gasteiger partial charge in [-0.05, 0) is 27.7 Å². The van der Waals surface area contributed by atoms with E-state index in [1.54, 1.807) is 0 Å². The number of hydrogen-bond acceptors (Lipinski definition) is 0. The van der Waals surface area contributed by atoms with Crippen molar-refractivity contribution in [3.63, 3.8) is 0 Å². The second kappa shape index (κ2) is 8.23. The summed E-state index contributed by atoms with van der Waals surface area (Å²) in [5.74, 6) is 0. The zero-order valence-electron chi connectivity index (χ0n) is 11.9. The van der Waals surface area contributed by atoms with E-state index in [1.165, 1.54) is 0 Å². The Kier molecular flexibility index (Phi) is 8.18. The molecule has 0 fully saturated rings. The Hall–Kier alpha value is -0.120. The van der Waals surface area contributed by atoms with Crippen LogP contribution in [0.15, 0.2) is 37.4 Å². The lowest BCUT2D eigenvalue weighted by Crippen LogP contribution is -3.00. The highest BCUT2D eigenvalue weighted by atomic mass is 127. The van der Waals surface area contributed by atoms with Crippen LogP contribution in [-0.4, -0.2) is 9.13 Å². The van der Waals surface area contributed by atoms with Crippen molar-refractivity contribution in [3.05, 3.63) is 37.4 Å². The third-order valence-corrected chi connectivity index (χ3v) is 2.94. The molecule has 0 atom stereocenters. The highest BCUT2D eigenvalue weighted by Gasteiger charge is 2.11. The molecule has 0 saturated carbocycles. The van der Waals surface area contributed by atoms with Gasteiger partial charge in [0.25, 0.3) is 0 Å². The molecule has 0 aromatic carbocycles. The molecule has 0 aliphatic heterocycles. The number of rotatable bonds is 4. The maximum Gasteiger partial charge on any atom is 0.247 e. The molecule has 0 N–H and O–H groups in total. The van der Waals surface area contributed by atoms with Crippen molar-refractivity contribution in [2.75, 3.05) is 0 Å². The predicted molar refractivity (Wildman–Crippen MR) is 65.4 cm³/mol. The Bertz CT molecular complexity index is 444. The molecule has 108 valence electrons. The number of imidazole rings is 2. The van der Waals surface area contributed by atoms with Crippen LogP contribution < -0.4 is 57.1 Å². The lowest BCUT2D eigenvalue weighted by atomic mass is 10.4. The minimum absolute atomic E-state index is 0. The average Bonchev–Trinajstić information content (AvgIpc) is 2.87. The molecule has 0 amide bonds. The molecular formula is C13H22I2N4. The summed E-state index contributed by atoms with van der Waals surface area (Å²) in [5, 5.41) is 0. The Labute approximate surface area is 149 Å². The molecule has 0 aliphatic carbocycles. The topological polar surface area (TPSA) is 17.6 Å². The first-order valence-electron chi connectivity index (χ1n) is 6.19. The molecule has 19 heavy (non-hydrogen) atoms. The Morgan fingerprint density at radius 2 is 1.16 bits per heavy atom. The minimum atomic E-state index is 0. The fourth-order valence-corrected chi connectivity index (χ4v) is 1.79. The van der Waals surface area contributed by atoms with Gasteiger partial charge < -0.3 is 48.0 Å². The number of hydrogen-bond donors (Lipinski definition) is 0. The van der Waals surface area contributed by atoms with Crippen molar-refractivity contribution in [2.24, 2.45) is 0 Å². The van der Waals surface area contributed by atoms with Gasteiger partial charge in [0.15, 0.2) is 0 Å². The lowest BCUT2D eigenvalue weighted by Gasteiger charge is -1.98. The van der Waals surface area contributed by atoms with E-state index in [0.717, 1.165) is 6.67 Å². The Balaban J connectivity index is 0.00000162. The van der Waals surface area contributed by atoms with Crippen molar-refractivity contribution in [1.29, 1.82) is 0 Å². The van der Waals surface area contributed by atoms with E-state index in [4.69, 9.17) is 0 Å². The minimum Gasteiger partial charge on any atom is -1.00 e. The molecule has 0 bridgehead atoms. The van der Waals surface area contributed by atoms with Crippen molar-refractivity contribution in [2.45, 2.75) is 46.4 Å². The highest BCUT2D eigenvalue weighted by Crippen LogP contribution is 1.96. The monoisotopic (exact) mass is 488 g/mol. The number of halogens is 2. The van der Waals surface area contributed by atoms with Gasteiger partial charge in [-0.25, -0.2) is 9.13 Å². The summed E-state index contributed by atoms with van der Waals surface area (Å²) in [5.41, 5.74) is 0. The quantitative estimate of drug-likeness (QED) is 0.306. The van der Waals surface area contributed by atoms with E-state index < -0.39 is 0 Å². The summed E-state index contributed by atoms with van der Waals surface area (Å²) in [6.45, 7) is 9.61. The molecule has 2 aromatic heterocycles. The number of aromatic nitrogens is 4. The molecule has 2 heterocycles. The van der Waals surface area contributed by atoms with Gasteiger partial charge in [-0.2, -0.15) is 9.13 Å². The van der Waals surface area contributed by atoms with Crippen molar-refractivity contribution < 1.29 is 57.1 Å². The van der Waals surface area contributed by atoms with Gasteiger partial charge in [0.1, 0.15) is 24.8 Å². The van der Waals surface area contributed by atoms with Gasteiger partial charge in [0.05, 0.1) is 12.1 Å². The largest absolute Gasteiger partial charge is 1.00 e. The van der Waals surface area contributed by atoms with Crippen LogP contribution in [0.5, 0.6) is 0 Å². The van der Waals surface area contributed by atoms with E-state index >= 15 is 0 Å². The van der Waals surface area contributed by atoms with Crippen molar-refractivity contribution in [3.8, 4) is 0 Å². The van der Waals surface area contributed by atoms with E-state index in [9.17, 15) is 0 Å². The summed E-state index contributed by atoms with van der Waals surface area (Å²) in [7, 11) is 0. The summed E-state index contributed by atoms with van der Waals surface area (Å²) in [4.78, 5) is 0. The standard InChI is InChI=1S/C13H22N4.2HI/c1-12(2)16-7-5-14(10-16)9-15-6-8-17(11-15)13(3)4;;/h5-8,10-13H,9H2,1-4H3;2*1H/q+2;;/p-2. The van der Waals surface area contributed by atoms with Crippen LogP contribution in [0, 0.1) is 0 Å². The molecule has 0 unspecified atom stereocenters. The molecule has 6 heteroatoms. The van der Waals surface area contributed by atoms with Crippen molar-refractivity contribution in [1.82, 2.24) is 9.13 Å². The van der Waals surface area contributed by atoms with E-state index in [2.05, 4.69) is 83.4 Å². The number of nitrogens with zero attached hydrogens (tertiary/aromatic N) is 4. The van der Waals surface area contributed by atoms with Crippen LogP contribution in [0.2, 0.25) is 0 Å². The summed E-state index contributed by atoms with van der Waals surface area (Å²) >= 11 is 0. The Morgan fingerprint density at radius 1 is 0.789 bits per heavy atom. The lowest BCUT2D eigenvalue weighted by molar-refractivity contribution is -0.716. The molecule has 0 saturated heterocycles. The first-order chi connectivity index (χ1) is 8.06. The summed E-state index contributed by atoms with van der Waals surface area (Å²) < 4.78 is 8.79. The van der Waals surface area contributed by atoms with Crippen LogP contribution in [0.25, 0.3) is 0 Å². The van der Waals surface area contributed by atoms with E-state index in [-0.39, 0.29) is 48.0 Å². The second-order valence-electron chi connectivity index (χ2n) is 5.08. The first kappa shape index (κ1) is 18.9. The SMILES string of the molecule is CC(C)[n+]1ccn(Cn2cc[n+](C(C)C)c2)c1.[I-].[I-]. The average molecular weight is 488 g/mol. The third-order valence-electron chi connectivity index (χ3n) is 2.94. The van der Waals surface area contributed by atoms with Crippen molar-refractivity contribution >= 4 is 0 Å². The van der Waals surface area contributed by atoms with E-state index in [0.29, 0.717) is 12.1 Å². The first-order valence-corrected chi connectivity index (χ1v) is 6.19. The molecule has 0 aliphatic rings. The van der Waals surface area contributed by atoms with Gasteiger partial charge in [0.2, 0.25) is 19.3 Å². The fraction of sp³-hybridized carbons (Fsp3) is 0.538.